The van der Waals surface area contributed by atoms with Crippen molar-refractivity contribution < 1.29 is 4.79 Å². The minimum absolute atomic E-state index is 0.0494. The van der Waals surface area contributed by atoms with Gasteiger partial charge in [-0.05, 0) is 56.7 Å². The van der Waals surface area contributed by atoms with Crippen LogP contribution >= 0.6 is 11.8 Å². The Morgan fingerprint density at radius 1 is 1.22 bits per heavy atom. The van der Waals surface area contributed by atoms with Gasteiger partial charge in [-0.2, -0.15) is 0 Å². The van der Waals surface area contributed by atoms with Crippen molar-refractivity contribution in [2.24, 2.45) is 5.92 Å². The number of nitrogens with zero attached hydrogens (tertiary/aromatic N) is 1. The second-order valence-electron chi connectivity index (χ2n) is 6.78. The highest BCUT2D eigenvalue weighted by atomic mass is 32.2. The normalized spacial score (nSPS) is 20.5. The Morgan fingerprint density at radius 3 is 2.52 bits per heavy atom. The minimum atomic E-state index is 0.0494. The average Bonchev–Trinajstić information content (AvgIpc) is 3.43. The van der Waals surface area contributed by atoms with Gasteiger partial charge in [-0.3, -0.25) is 4.79 Å². The molecule has 4 heteroatoms. The van der Waals surface area contributed by atoms with Crippen LogP contribution in [0, 0.1) is 5.92 Å². The second-order valence-corrected chi connectivity index (χ2v) is 8.06. The summed E-state index contributed by atoms with van der Waals surface area (Å²) in [5.41, 5.74) is 0. The van der Waals surface area contributed by atoms with Gasteiger partial charge < -0.3 is 10.2 Å². The van der Waals surface area contributed by atoms with Crippen LogP contribution in [0.15, 0.2) is 35.2 Å². The van der Waals surface area contributed by atoms with E-state index in [9.17, 15) is 4.79 Å². The molecule has 3 rings (SSSR count). The van der Waals surface area contributed by atoms with E-state index < -0.39 is 0 Å². The molecular weight excluding hydrogens is 304 g/mol. The molecule has 2 fully saturated rings. The molecule has 1 unspecified atom stereocenters. The van der Waals surface area contributed by atoms with Crippen molar-refractivity contribution in [1.82, 2.24) is 10.2 Å². The van der Waals surface area contributed by atoms with E-state index in [0.29, 0.717) is 11.9 Å². The summed E-state index contributed by atoms with van der Waals surface area (Å²) in [6, 6.07) is 10.9. The number of carbonyl (C=O) groups excluding carboxylic acids is 1. The number of carbonyl (C=O) groups is 1. The lowest BCUT2D eigenvalue weighted by molar-refractivity contribution is -0.131. The molecule has 126 valence electrons. The van der Waals surface area contributed by atoms with Gasteiger partial charge >= 0.3 is 0 Å². The van der Waals surface area contributed by atoms with Crippen molar-refractivity contribution in [3.63, 3.8) is 0 Å². The first-order valence-corrected chi connectivity index (χ1v) is 9.88. The van der Waals surface area contributed by atoms with Crippen molar-refractivity contribution in [3.05, 3.63) is 30.3 Å². The van der Waals surface area contributed by atoms with Crippen LogP contribution in [0.1, 0.15) is 39.0 Å². The number of nitrogens with one attached hydrogen (secondary N) is 1. The number of amides is 1. The van der Waals surface area contributed by atoms with Crippen molar-refractivity contribution in [2.45, 2.75) is 55.2 Å². The molecule has 0 aromatic heterocycles. The molecule has 1 saturated heterocycles. The molecule has 0 bridgehead atoms. The van der Waals surface area contributed by atoms with Crippen LogP contribution in [0.2, 0.25) is 0 Å². The summed E-state index contributed by atoms with van der Waals surface area (Å²) in [5, 5.41) is 3.73. The first-order chi connectivity index (χ1) is 11.3. The maximum atomic E-state index is 12.8. The first kappa shape index (κ1) is 16.8. The molecule has 1 saturated carbocycles. The number of hydrogen-bond donors (Lipinski definition) is 1. The highest BCUT2D eigenvalue weighted by Crippen LogP contribution is 2.29. The van der Waals surface area contributed by atoms with Gasteiger partial charge in [0.15, 0.2) is 0 Å². The molecule has 1 aromatic carbocycles. The van der Waals surface area contributed by atoms with Crippen LogP contribution in [0.5, 0.6) is 0 Å². The molecule has 1 atom stereocenters. The van der Waals surface area contributed by atoms with Gasteiger partial charge in [-0.15, -0.1) is 11.8 Å². The quantitative estimate of drug-likeness (QED) is 0.775. The standard InChI is InChI=1S/C19H28N2OS/c1-2-18(23-17-6-4-3-5-7-17)19(22)21-12-10-16(11-13-21)20-14-15-8-9-15/h3-7,15-16,18,20H,2,8-14H2,1H3. The molecule has 1 N–H and O–H groups in total. The summed E-state index contributed by atoms with van der Waals surface area (Å²) < 4.78 is 0. The van der Waals surface area contributed by atoms with Crippen LogP contribution < -0.4 is 5.32 Å². The van der Waals surface area contributed by atoms with E-state index in [2.05, 4.69) is 29.3 Å². The molecule has 23 heavy (non-hydrogen) atoms. The summed E-state index contributed by atoms with van der Waals surface area (Å²) in [5.74, 6) is 1.25. The zero-order valence-corrected chi connectivity index (χ0v) is 14.9. The van der Waals surface area contributed by atoms with Crippen LogP contribution in [0.25, 0.3) is 0 Å². The van der Waals surface area contributed by atoms with E-state index in [1.165, 1.54) is 24.3 Å². The Labute approximate surface area is 144 Å². The zero-order chi connectivity index (χ0) is 16.1. The lowest BCUT2D eigenvalue weighted by Crippen LogP contribution is -2.47. The smallest absolute Gasteiger partial charge is 0.236 e. The molecule has 2 aliphatic rings. The SMILES string of the molecule is CCC(Sc1ccccc1)C(=O)N1CCC(NCC2CC2)CC1. The third kappa shape index (κ3) is 4.98. The number of benzene rings is 1. The lowest BCUT2D eigenvalue weighted by Gasteiger charge is -2.34. The van der Waals surface area contributed by atoms with Gasteiger partial charge in [0.2, 0.25) is 5.91 Å². The monoisotopic (exact) mass is 332 g/mol. The third-order valence-corrected chi connectivity index (χ3v) is 6.23. The Hall–Kier alpha value is -1.00. The lowest BCUT2D eigenvalue weighted by atomic mass is 10.0. The fourth-order valence-corrected chi connectivity index (χ4v) is 4.19. The molecule has 1 heterocycles. The number of rotatable bonds is 7. The van der Waals surface area contributed by atoms with Gasteiger partial charge in [0.25, 0.3) is 0 Å². The topological polar surface area (TPSA) is 32.3 Å². The highest BCUT2D eigenvalue weighted by molar-refractivity contribution is 8.00. The molecule has 0 radical (unpaired) electrons. The van der Waals surface area contributed by atoms with E-state index in [1.54, 1.807) is 11.8 Å². The maximum Gasteiger partial charge on any atom is 0.236 e. The van der Waals surface area contributed by atoms with Crippen LogP contribution in [0.3, 0.4) is 0 Å². The van der Waals surface area contributed by atoms with E-state index in [1.807, 2.05) is 18.2 Å². The summed E-state index contributed by atoms with van der Waals surface area (Å²) in [7, 11) is 0. The molecule has 0 spiro atoms. The van der Waals surface area contributed by atoms with Gasteiger partial charge in [0.05, 0.1) is 5.25 Å². The van der Waals surface area contributed by atoms with Gasteiger partial charge in [0.1, 0.15) is 0 Å². The second kappa shape index (κ2) is 8.20. The van der Waals surface area contributed by atoms with Crippen molar-refractivity contribution in [3.8, 4) is 0 Å². The molecule has 1 amide bonds. The summed E-state index contributed by atoms with van der Waals surface area (Å²) in [6.45, 7) is 5.11. The van der Waals surface area contributed by atoms with Crippen LogP contribution in [-0.2, 0) is 4.79 Å². The van der Waals surface area contributed by atoms with E-state index in [-0.39, 0.29) is 5.25 Å². The number of thioether (sulfide) groups is 1. The Kier molecular flexibility index (Phi) is 6.01. The van der Waals surface area contributed by atoms with Gasteiger partial charge in [0, 0.05) is 24.0 Å². The first-order valence-electron chi connectivity index (χ1n) is 9.00. The number of hydrogen-bond acceptors (Lipinski definition) is 3. The number of piperidine rings is 1. The fraction of sp³-hybridized carbons (Fsp3) is 0.632. The predicted molar refractivity (Wildman–Crippen MR) is 96.7 cm³/mol. The van der Waals surface area contributed by atoms with Crippen molar-refractivity contribution in [2.75, 3.05) is 19.6 Å². The van der Waals surface area contributed by atoms with Crippen LogP contribution in [-0.4, -0.2) is 41.7 Å². The van der Waals surface area contributed by atoms with Crippen molar-refractivity contribution in [1.29, 1.82) is 0 Å². The van der Waals surface area contributed by atoms with E-state index >= 15 is 0 Å². The fourth-order valence-electron chi connectivity index (χ4n) is 3.13. The maximum absolute atomic E-state index is 12.8. The summed E-state index contributed by atoms with van der Waals surface area (Å²) in [4.78, 5) is 16.1. The Balaban J connectivity index is 1.46. The Morgan fingerprint density at radius 2 is 1.91 bits per heavy atom. The number of likely N-dealkylation sites (tertiary alicyclic amines) is 1. The van der Waals surface area contributed by atoms with Gasteiger partial charge in [-0.1, -0.05) is 25.1 Å². The third-order valence-electron chi connectivity index (χ3n) is 4.87. The minimum Gasteiger partial charge on any atom is -0.342 e. The van der Waals surface area contributed by atoms with E-state index in [4.69, 9.17) is 0 Å². The van der Waals surface area contributed by atoms with Crippen LogP contribution in [0.4, 0.5) is 0 Å². The largest absolute Gasteiger partial charge is 0.342 e. The molecule has 3 nitrogen and oxygen atoms in total. The van der Waals surface area contributed by atoms with Gasteiger partial charge in [-0.25, -0.2) is 0 Å². The Bertz CT molecular complexity index is 495. The zero-order valence-electron chi connectivity index (χ0n) is 14.0. The van der Waals surface area contributed by atoms with Crippen molar-refractivity contribution >= 4 is 17.7 Å². The van der Waals surface area contributed by atoms with E-state index in [0.717, 1.165) is 38.3 Å². The summed E-state index contributed by atoms with van der Waals surface area (Å²) in [6.07, 6.45) is 5.90. The molecule has 1 aromatic rings. The molecular formula is C19H28N2OS. The molecule has 1 aliphatic heterocycles. The summed E-state index contributed by atoms with van der Waals surface area (Å²) >= 11 is 1.71. The predicted octanol–water partition coefficient (Wildman–Crippen LogP) is 3.55. The molecule has 1 aliphatic carbocycles. The highest BCUT2D eigenvalue weighted by Gasteiger charge is 2.29. The average molecular weight is 333 g/mol.